The number of nitrogens with one attached hydrogen (secondary N) is 1. The van der Waals surface area contributed by atoms with Gasteiger partial charge < -0.3 is 14.8 Å². The van der Waals surface area contributed by atoms with Crippen LogP contribution in [0.1, 0.15) is 38.9 Å². The number of rotatable bonds is 11. The van der Waals surface area contributed by atoms with Crippen molar-refractivity contribution < 1.29 is 14.3 Å². The second-order valence-electron chi connectivity index (χ2n) is 9.80. The van der Waals surface area contributed by atoms with Crippen LogP contribution in [0.3, 0.4) is 0 Å². The van der Waals surface area contributed by atoms with E-state index in [4.69, 9.17) is 32.7 Å². The van der Waals surface area contributed by atoms with E-state index in [0.29, 0.717) is 50.4 Å². The van der Waals surface area contributed by atoms with Crippen LogP contribution in [0.4, 0.5) is 0 Å². The Labute approximate surface area is 265 Å². The van der Waals surface area contributed by atoms with Gasteiger partial charge in [-0.05, 0) is 54.8 Å². The van der Waals surface area contributed by atoms with Crippen molar-refractivity contribution in [1.82, 2.24) is 20.1 Å². The molecule has 1 unspecified atom stereocenters. The molecule has 0 saturated heterocycles. The van der Waals surface area contributed by atoms with Gasteiger partial charge in [-0.15, -0.1) is 10.2 Å². The molecule has 0 aliphatic rings. The summed E-state index contributed by atoms with van der Waals surface area (Å²) in [5, 5.41) is 14.0. The lowest BCUT2D eigenvalue weighted by molar-refractivity contribution is 0.0928. The molecule has 0 saturated carbocycles. The van der Waals surface area contributed by atoms with Crippen molar-refractivity contribution in [3.05, 3.63) is 129 Å². The molecule has 7 nitrogen and oxygen atoms in total. The van der Waals surface area contributed by atoms with Gasteiger partial charge in [0.25, 0.3) is 5.91 Å². The van der Waals surface area contributed by atoms with E-state index in [1.807, 2.05) is 47.0 Å². The predicted molar refractivity (Wildman–Crippen MR) is 172 cm³/mol. The zero-order valence-electron chi connectivity index (χ0n) is 23.9. The molecule has 1 aromatic heterocycles. The zero-order chi connectivity index (χ0) is 30.3. The van der Waals surface area contributed by atoms with Crippen molar-refractivity contribution in [2.24, 2.45) is 0 Å². The Hall–Kier alpha value is -3.98. The van der Waals surface area contributed by atoms with Crippen LogP contribution in [-0.2, 0) is 12.2 Å². The first-order valence-corrected chi connectivity index (χ1v) is 15.3. The third-order valence-corrected chi connectivity index (χ3v) is 8.35. The number of nitrogens with zero attached hydrogens (tertiary/aromatic N) is 3. The van der Waals surface area contributed by atoms with Crippen LogP contribution in [0.15, 0.2) is 96.2 Å². The summed E-state index contributed by atoms with van der Waals surface area (Å²) < 4.78 is 12.9. The Morgan fingerprint density at radius 1 is 0.884 bits per heavy atom. The Balaban J connectivity index is 1.60. The molecule has 0 bridgehead atoms. The first-order chi connectivity index (χ1) is 20.9. The molecule has 0 spiro atoms. The summed E-state index contributed by atoms with van der Waals surface area (Å²) in [6.45, 7) is 2.07. The second kappa shape index (κ2) is 14.0. The number of amides is 1. The van der Waals surface area contributed by atoms with Gasteiger partial charge in [0.05, 0.1) is 31.0 Å². The maximum Gasteiger partial charge on any atom is 0.259 e. The number of carbonyl (C=O) groups excluding carboxylic acids is 1. The molecule has 1 heterocycles. The number of carbonyl (C=O) groups is 1. The van der Waals surface area contributed by atoms with E-state index in [-0.39, 0.29) is 11.5 Å². The average Bonchev–Trinajstić information content (AvgIpc) is 3.43. The second-order valence-corrected chi connectivity index (χ2v) is 11.6. The van der Waals surface area contributed by atoms with E-state index in [2.05, 4.69) is 40.6 Å². The van der Waals surface area contributed by atoms with E-state index in [1.54, 1.807) is 30.3 Å². The zero-order valence-corrected chi connectivity index (χ0v) is 26.2. The Morgan fingerprint density at radius 2 is 1.58 bits per heavy atom. The van der Waals surface area contributed by atoms with Gasteiger partial charge in [-0.2, -0.15) is 0 Å². The van der Waals surface area contributed by atoms with Crippen LogP contribution in [0.25, 0.3) is 5.69 Å². The number of methoxy groups -OCH3 is 2. The fourth-order valence-corrected chi connectivity index (χ4v) is 6.19. The molecule has 0 fully saturated rings. The molecular weight excluding hydrogens is 603 g/mol. The minimum Gasteiger partial charge on any atom is -0.496 e. The van der Waals surface area contributed by atoms with Crippen molar-refractivity contribution in [2.45, 2.75) is 30.3 Å². The van der Waals surface area contributed by atoms with Crippen molar-refractivity contribution in [3.63, 3.8) is 0 Å². The molecular formula is C33H30Cl2N4O3S. The van der Waals surface area contributed by atoms with E-state index >= 15 is 0 Å². The molecule has 0 aliphatic carbocycles. The number of hydrogen-bond donors (Lipinski definition) is 1. The van der Waals surface area contributed by atoms with Crippen molar-refractivity contribution in [3.8, 4) is 17.2 Å². The van der Waals surface area contributed by atoms with Crippen molar-refractivity contribution in [1.29, 1.82) is 0 Å². The van der Waals surface area contributed by atoms with Crippen LogP contribution in [0.2, 0.25) is 10.0 Å². The smallest absolute Gasteiger partial charge is 0.259 e. The molecule has 4 aromatic carbocycles. The lowest BCUT2D eigenvalue weighted by atomic mass is 10.0. The van der Waals surface area contributed by atoms with Crippen LogP contribution < -0.4 is 14.8 Å². The van der Waals surface area contributed by atoms with E-state index in [0.717, 1.165) is 11.1 Å². The first-order valence-electron chi connectivity index (χ1n) is 13.5. The average molecular weight is 634 g/mol. The van der Waals surface area contributed by atoms with Crippen LogP contribution in [0, 0.1) is 6.92 Å². The fourth-order valence-electron chi connectivity index (χ4n) is 4.80. The summed E-state index contributed by atoms with van der Waals surface area (Å²) >= 11 is 14.6. The number of aryl methyl sites for hydroxylation is 1. The highest BCUT2D eigenvalue weighted by Crippen LogP contribution is 2.34. The number of hydrogen-bond acceptors (Lipinski definition) is 6. The summed E-state index contributed by atoms with van der Waals surface area (Å²) in [6, 6.07) is 28.1. The van der Waals surface area contributed by atoms with Gasteiger partial charge in [0.1, 0.15) is 17.1 Å². The minimum atomic E-state index is -0.600. The Bertz CT molecular complexity index is 1710. The lowest BCUT2D eigenvalue weighted by Gasteiger charge is -2.22. The highest BCUT2D eigenvalue weighted by Gasteiger charge is 2.28. The highest BCUT2D eigenvalue weighted by atomic mass is 35.5. The van der Waals surface area contributed by atoms with Gasteiger partial charge in [-0.3, -0.25) is 9.36 Å². The number of thioether (sulfide) groups is 1. The molecule has 1 N–H and O–H groups in total. The molecule has 10 heteroatoms. The molecule has 1 atom stereocenters. The van der Waals surface area contributed by atoms with E-state index in [9.17, 15) is 4.79 Å². The fraction of sp³-hybridized carbons (Fsp3) is 0.182. The van der Waals surface area contributed by atoms with E-state index < -0.39 is 6.04 Å². The molecule has 220 valence electrons. The van der Waals surface area contributed by atoms with Crippen molar-refractivity contribution in [2.75, 3.05) is 14.2 Å². The van der Waals surface area contributed by atoms with Crippen LogP contribution in [0.5, 0.6) is 11.5 Å². The van der Waals surface area contributed by atoms with Gasteiger partial charge in [-0.1, -0.05) is 101 Å². The molecule has 0 radical (unpaired) electrons. The van der Waals surface area contributed by atoms with Crippen molar-refractivity contribution >= 4 is 40.9 Å². The maximum absolute atomic E-state index is 13.9. The number of benzene rings is 4. The summed E-state index contributed by atoms with van der Waals surface area (Å²) in [5.41, 5.74) is 4.28. The van der Waals surface area contributed by atoms with Gasteiger partial charge >= 0.3 is 0 Å². The molecule has 1 amide bonds. The summed E-state index contributed by atoms with van der Waals surface area (Å²) in [6.07, 6.45) is 0.440. The molecule has 5 rings (SSSR count). The third-order valence-electron chi connectivity index (χ3n) is 6.81. The Morgan fingerprint density at radius 3 is 2.26 bits per heavy atom. The predicted octanol–water partition coefficient (Wildman–Crippen LogP) is 7.91. The van der Waals surface area contributed by atoms with Gasteiger partial charge in [0.2, 0.25) is 0 Å². The standard InChI is InChI=1S/C33H30Cl2N4O3S/c1-21-9-7-12-23(17-21)20-43-33-38-37-31(39(33)27-16-15-24(34)19-25(27)35)26(18-22-10-5-4-6-11-22)36-32(40)30-28(41-2)13-8-14-29(30)42-3/h4-17,19,26H,18,20H2,1-3H3,(H,36,40). The molecule has 0 aliphatic heterocycles. The first kappa shape index (κ1) is 30.5. The maximum atomic E-state index is 13.9. The topological polar surface area (TPSA) is 78.3 Å². The van der Waals surface area contributed by atoms with E-state index in [1.165, 1.54) is 31.5 Å². The van der Waals surface area contributed by atoms with Crippen LogP contribution in [-0.4, -0.2) is 34.9 Å². The SMILES string of the molecule is COc1cccc(OC)c1C(=O)NC(Cc1ccccc1)c1nnc(SCc2cccc(C)c2)n1-c1ccc(Cl)cc1Cl. The summed E-state index contributed by atoms with van der Waals surface area (Å²) in [7, 11) is 3.04. The largest absolute Gasteiger partial charge is 0.496 e. The minimum absolute atomic E-state index is 0.287. The highest BCUT2D eigenvalue weighted by molar-refractivity contribution is 7.98. The van der Waals surface area contributed by atoms with Gasteiger partial charge in [0, 0.05) is 10.8 Å². The number of ether oxygens (including phenoxy) is 2. The Kier molecular flexibility index (Phi) is 9.92. The summed E-state index contributed by atoms with van der Waals surface area (Å²) in [5.74, 6) is 1.60. The summed E-state index contributed by atoms with van der Waals surface area (Å²) in [4.78, 5) is 13.9. The lowest BCUT2D eigenvalue weighted by Crippen LogP contribution is -2.32. The van der Waals surface area contributed by atoms with Gasteiger partial charge in [0.15, 0.2) is 11.0 Å². The monoisotopic (exact) mass is 632 g/mol. The number of halogens is 2. The normalized spacial score (nSPS) is 11.7. The molecule has 5 aromatic rings. The quantitative estimate of drug-likeness (QED) is 0.149. The number of aromatic nitrogens is 3. The van der Waals surface area contributed by atoms with Gasteiger partial charge in [-0.25, -0.2) is 0 Å². The molecule has 43 heavy (non-hydrogen) atoms. The third kappa shape index (κ3) is 7.16. The van der Waals surface area contributed by atoms with Crippen LogP contribution >= 0.6 is 35.0 Å².